The Bertz CT molecular complexity index is 124. The van der Waals surface area contributed by atoms with Crippen LogP contribution in [-0.2, 0) is 0 Å². The van der Waals surface area contributed by atoms with E-state index in [4.69, 9.17) is 30.0 Å². The Morgan fingerprint density at radius 3 is 0.550 bits per heavy atom. The highest BCUT2D eigenvalue weighted by atomic mass is 16.6. The third kappa shape index (κ3) is 1680. The molecule has 20 heavy (non-hydrogen) atoms. The fourth-order valence-electron chi connectivity index (χ4n) is 0. The van der Waals surface area contributed by atoms with Crippen LogP contribution in [0.5, 0.6) is 0 Å². The van der Waals surface area contributed by atoms with Crippen LogP contribution in [0.1, 0.15) is 80.1 Å². The van der Waals surface area contributed by atoms with Crippen LogP contribution in [0.4, 0.5) is 9.59 Å². The predicted molar refractivity (Wildman–Crippen MR) is 83.1 cm³/mol. The van der Waals surface area contributed by atoms with Gasteiger partial charge in [-0.3, -0.25) is 0 Å². The lowest BCUT2D eigenvalue weighted by atomic mass is 10.4. The van der Waals surface area contributed by atoms with Crippen molar-refractivity contribution >= 4 is 12.3 Å². The molecule has 0 atom stereocenters. The van der Waals surface area contributed by atoms with E-state index in [1.807, 2.05) is 0 Å². The monoisotopic (exact) mass is 298 g/mol. The van der Waals surface area contributed by atoms with Crippen molar-refractivity contribution in [1.29, 1.82) is 0 Å². The third-order valence-corrected chi connectivity index (χ3v) is 1.50. The van der Waals surface area contributed by atoms with E-state index in [0.717, 1.165) is 0 Å². The van der Waals surface area contributed by atoms with Crippen LogP contribution >= 0.6 is 0 Å². The molecule has 0 aliphatic heterocycles. The quantitative estimate of drug-likeness (QED) is 0.518. The van der Waals surface area contributed by atoms with Gasteiger partial charge in [-0.25, -0.2) is 9.59 Å². The second-order valence-corrected chi connectivity index (χ2v) is 3.57. The van der Waals surface area contributed by atoms with Gasteiger partial charge in [-0.05, 0) is 0 Å². The maximum absolute atomic E-state index is 8.56. The average molecular weight is 298 g/mol. The highest BCUT2D eigenvalue weighted by Gasteiger charge is 1.70. The summed E-state index contributed by atoms with van der Waals surface area (Å²) in [5, 5.41) is 27.9. The van der Waals surface area contributed by atoms with Gasteiger partial charge in [-0.15, -0.1) is 0 Å². The number of rotatable bonds is 3. The summed E-state index contributed by atoms with van der Waals surface area (Å²) < 4.78 is 0. The van der Waals surface area contributed by atoms with Gasteiger partial charge in [0.25, 0.3) is 0 Å². The zero-order valence-electron chi connectivity index (χ0n) is 13.8. The molecule has 0 radical (unpaired) electrons. The number of hydrogen-bond acceptors (Lipinski definition) is 2. The van der Waals surface area contributed by atoms with Gasteiger partial charge in [0.2, 0.25) is 0 Å². The first-order chi connectivity index (χ1) is 9.21. The van der Waals surface area contributed by atoms with E-state index >= 15 is 0 Å². The van der Waals surface area contributed by atoms with Gasteiger partial charge in [0, 0.05) is 0 Å². The van der Waals surface area contributed by atoms with E-state index in [1.54, 1.807) is 0 Å². The van der Waals surface area contributed by atoms with Crippen molar-refractivity contribution in [3.05, 3.63) is 0 Å². The van der Waals surface area contributed by atoms with Crippen LogP contribution in [0.3, 0.4) is 0 Å². The Kier molecular flexibility index (Phi) is 67.2. The molecule has 0 aromatic heterocycles. The first-order valence-electron chi connectivity index (χ1n) is 7.05. The molecule has 0 saturated heterocycles. The summed E-state index contributed by atoms with van der Waals surface area (Å²) in [4.78, 5) is 17.1. The maximum atomic E-state index is 8.56. The summed E-state index contributed by atoms with van der Waals surface area (Å²) in [6.07, 6.45) is 4.25. The van der Waals surface area contributed by atoms with Crippen molar-refractivity contribution in [3.63, 3.8) is 0 Å². The minimum Gasteiger partial charge on any atom is -0.450 e. The molecule has 0 bridgehead atoms. The van der Waals surface area contributed by atoms with Gasteiger partial charge >= 0.3 is 12.3 Å². The minimum absolute atomic E-state index is 1.32. The fraction of sp³-hybridized carbons (Fsp3) is 0.857. The predicted octanol–water partition coefficient (Wildman–Crippen LogP) is 5.86. The molecule has 0 aliphatic carbocycles. The van der Waals surface area contributed by atoms with Crippen molar-refractivity contribution in [2.45, 2.75) is 80.1 Å². The van der Waals surface area contributed by atoms with E-state index in [1.165, 1.54) is 38.5 Å². The standard InChI is InChI=1S/3C4H10.2CH2O3/c3*1-3-4-2;2*2-1(3)4/h3*3-4H2,1-2H3;2*(H2,2,3,4). The van der Waals surface area contributed by atoms with E-state index in [-0.39, 0.29) is 0 Å². The Labute approximate surface area is 123 Å². The average Bonchev–Trinajstić information content (AvgIpc) is 2.37. The second-order valence-electron chi connectivity index (χ2n) is 3.57. The Hall–Kier alpha value is -1.46. The molecule has 6 nitrogen and oxygen atoms in total. The SMILES string of the molecule is CCCC.CCCC.CCCC.O=C(O)O.O=C(O)O. The van der Waals surface area contributed by atoms with E-state index < -0.39 is 12.3 Å². The molecule has 6 heteroatoms. The van der Waals surface area contributed by atoms with E-state index in [2.05, 4.69) is 41.5 Å². The molecule has 0 saturated carbocycles. The van der Waals surface area contributed by atoms with Crippen LogP contribution in [0, 0.1) is 0 Å². The van der Waals surface area contributed by atoms with Crippen LogP contribution in [0.25, 0.3) is 0 Å². The summed E-state index contributed by atoms with van der Waals surface area (Å²) in [6.45, 7) is 13.1. The fourth-order valence-corrected chi connectivity index (χ4v) is 0. The Morgan fingerprint density at radius 1 is 0.500 bits per heavy atom. The lowest BCUT2D eigenvalue weighted by Gasteiger charge is -1.68. The molecule has 126 valence electrons. The van der Waals surface area contributed by atoms with Crippen LogP contribution in [-0.4, -0.2) is 32.7 Å². The first kappa shape index (κ1) is 31.1. The number of unbranched alkanes of at least 4 members (excludes halogenated alkanes) is 3. The molecule has 0 heterocycles. The Morgan fingerprint density at radius 2 is 0.550 bits per heavy atom. The Balaban J connectivity index is -0.0000000469. The summed E-state index contributed by atoms with van der Waals surface area (Å²) in [5.41, 5.74) is 0. The number of carbonyl (C=O) groups is 2. The zero-order chi connectivity index (χ0) is 17.4. The highest BCUT2D eigenvalue weighted by Crippen LogP contribution is 1.77. The molecule has 0 aromatic carbocycles. The molecule has 0 rings (SSSR count). The van der Waals surface area contributed by atoms with Crippen LogP contribution in [0.2, 0.25) is 0 Å². The van der Waals surface area contributed by atoms with Crippen molar-refractivity contribution in [1.82, 2.24) is 0 Å². The first-order valence-corrected chi connectivity index (χ1v) is 7.05. The normalized spacial score (nSPS) is 6.90. The molecular weight excluding hydrogens is 264 g/mol. The van der Waals surface area contributed by atoms with Gasteiger partial charge in [-0.1, -0.05) is 80.1 Å². The summed E-state index contributed by atoms with van der Waals surface area (Å²) in [7, 11) is 0. The number of carboxylic acid groups (broad SMARTS) is 4. The molecule has 0 unspecified atom stereocenters. The number of hydrogen-bond donors (Lipinski definition) is 4. The third-order valence-electron chi connectivity index (χ3n) is 1.50. The van der Waals surface area contributed by atoms with E-state index in [0.29, 0.717) is 0 Å². The van der Waals surface area contributed by atoms with Gasteiger partial charge < -0.3 is 20.4 Å². The summed E-state index contributed by atoms with van der Waals surface area (Å²) >= 11 is 0. The molecule has 4 N–H and O–H groups in total. The van der Waals surface area contributed by atoms with Crippen molar-refractivity contribution in [2.24, 2.45) is 0 Å². The zero-order valence-corrected chi connectivity index (χ0v) is 13.8. The second kappa shape index (κ2) is 43.2. The summed E-state index contributed by atoms with van der Waals surface area (Å²) in [5.74, 6) is 0. The van der Waals surface area contributed by atoms with E-state index in [9.17, 15) is 0 Å². The van der Waals surface area contributed by atoms with Gasteiger partial charge in [0.05, 0.1) is 0 Å². The largest absolute Gasteiger partial charge is 0.503 e. The van der Waals surface area contributed by atoms with Crippen molar-refractivity contribution in [2.75, 3.05) is 0 Å². The smallest absolute Gasteiger partial charge is 0.450 e. The van der Waals surface area contributed by atoms with Gasteiger partial charge in [0.15, 0.2) is 0 Å². The lowest BCUT2D eigenvalue weighted by molar-refractivity contribution is 0.135. The molecule has 0 aromatic rings. The summed E-state index contributed by atoms with van der Waals surface area (Å²) in [6, 6.07) is 0. The van der Waals surface area contributed by atoms with Crippen molar-refractivity contribution in [3.8, 4) is 0 Å². The molecular formula is C14H34O6. The maximum Gasteiger partial charge on any atom is 0.503 e. The topological polar surface area (TPSA) is 115 Å². The lowest BCUT2D eigenvalue weighted by Crippen LogP contribution is -1.81. The van der Waals surface area contributed by atoms with Crippen molar-refractivity contribution < 1.29 is 30.0 Å². The highest BCUT2D eigenvalue weighted by molar-refractivity contribution is 5.53. The van der Waals surface area contributed by atoms with Gasteiger partial charge in [0.1, 0.15) is 0 Å². The molecule has 0 aliphatic rings. The van der Waals surface area contributed by atoms with Crippen LogP contribution in [0.15, 0.2) is 0 Å². The minimum atomic E-state index is -1.83. The molecule has 0 amide bonds. The molecule has 0 spiro atoms. The van der Waals surface area contributed by atoms with Crippen LogP contribution < -0.4 is 0 Å². The molecule has 0 fully saturated rings. The van der Waals surface area contributed by atoms with Gasteiger partial charge in [-0.2, -0.15) is 0 Å².